The van der Waals surface area contributed by atoms with Crippen molar-refractivity contribution in [1.82, 2.24) is 15.3 Å². The zero-order valence-electron chi connectivity index (χ0n) is 17.6. The molecule has 3 heterocycles. The molecule has 0 aromatic carbocycles. The van der Waals surface area contributed by atoms with Gasteiger partial charge in [-0.15, -0.1) is 0 Å². The molecule has 0 unspecified atom stereocenters. The van der Waals surface area contributed by atoms with E-state index in [1.165, 1.54) is 0 Å². The lowest BCUT2D eigenvalue weighted by Crippen LogP contribution is -2.49. The predicted octanol–water partition coefficient (Wildman–Crippen LogP) is -0.396. The topological polar surface area (TPSA) is 117 Å². The number of aliphatic hydroxyl groups excluding tert-OH is 2. The number of anilines is 1. The molecule has 1 amide bonds. The van der Waals surface area contributed by atoms with Crippen molar-refractivity contribution in [2.75, 3.05) is 24.6 Å². The highest BCUT2D eigenvalue weighted by Crippen LogP contribution is 2.36. The van der Waals surface area contributed by atoms with Gasteiger partial charge in [0.25, 0.3) is 5.91 Å². The largest absolute Gasteiger partial charge is 0.498 e. The lowest BCUT2D eigenvalue weighted by atomic mass is 9.81. The van der Waals surface area contributed by atoms with Crippen molar-refractivity contribution in [3.05, 3.63) is 12.4 Å². The molecule has 1 aromatic heterocycles. The quantitative estimate of drug-likeness (QED) is 0.547. The zero-order chi connectivity index (χ0) is 21.2. The second kappa shape index (κ2) is 8.55. The van der Waals surface area contributed by atoms with E-state index in [0.717, 1.165) is 31.3 Å². The summed E-state index contributed by atoms with van der Waals surface area (Å²) in [6.07, 6.45) is 5.01. The van der Waals surface area contributed by atoms with Crippen LogP contribution in [0.2, 0.25) is 0 Å². The van der Waals surface area contributed by atoms with Gasteiger partial charge in [0.1, 0.15) is 0 Å². The lowest BCUT2D eigenvalue weighted by molar-refractivity contribution is -0.131. The second-order valence-corrected chi connectivity index (χ2v) is 8.69. The average molecular weight is 406 g/mol. The minimum absolute atomic E-state index is 0.0290. The molecule has 0 aliphatic carbocycles. The van der Waals surface area contributed by atoms with Crippen molar-refractivity contribution in [1.29, 1.82) is 0 Å². The highest BCUT2D eigenvalue weighted by molar-refractivity contribution is 6.61. The third-order valence-corrected chi connectivity index (χ3v) is 6.06. The number of hydrogen-bond acceptors (Lipinski definition) is 8. The Morgan fingerprint density at radius 3 is 2.48 bits per heavy atom. The molecule has 160 valence electrons. The molecule has 2 atom stereocenters. The zero-order valence-corrected chi connectivity index (χ0v) is 17.6. The summed E-state index contributed by atoms with van der Waals surface area (Å²) in [6, 6.07) is 0.0290. The van der Waals surface area contributed by atoms with Gasteiger partial charge in [0.15, 0.2) is 6.10 Å². The van der Waals surface area contributed by atoms with Crippen LogP contribution in [0.5, 0.6) is 0 Å². The standard InChI is InChI=1S/C19H31BN4O5/c1-18(2)19(3,4)29-20(28-18)13-9-22-17(23-10-13)24-8-6-5-7-14(24)11-21-16(27)15(26)12-25/h9-10,14-15,25-26H,5-8,11-12H2,1-4H3,(H,21,27)/t14-,15-/m1/s1. The predicted molar refractivity (Wildman–Crippen MR) is 109 cm³/mol. The fourth-order valence-electron chi connectivity index (χ4n) is 3.48. The first kappa shape index (κ1) is 22.0. The van der Waals surface area contributed by atoms with Crippen molar-refractivity contribution < 1.29 is 24.3 Å². The molecule has 2 saturated heterocycles. The molecule has 29 heavy (non-hydrogen) atoms. The maximum atomic E-state index is 11.8. The molecule has 10 heteroatoms. The number of amides is 1. The van der Waals surface area contributed by atoms with Crippen LogP contribution in [0, 0.1) is 0 Å². The molecule has 3 rings (SSSR count). The molecular weight excluding hydrogens is 375 g/mol. The van der Waals surface area contributed by atoms with Crippen LogP contribution in [0.25, 0.3) is 0 Å². The Balaban J connectivity index is 1.67. The van der Waals surface area contributed by atoms with Crippen LogP contribution < -0.4 is 15.7 Å². The monoisotopic (exact) mass is 406 g/mol. The number of nitrogens with one attached hydrogen (secondary N) is 1. The molecule has 1 aromatic rings. The Kier molecular flexibility index (Phi) is 6.47. The number of piperidine rings is 1. The summed E-state index contributed by atoms with van der Waals surface area (Å²) in [5.74, 6) is 0.0157. The molecule has 2 aliphatic heterocycles. The highest BCUT2D eigenvalue weighted by atomic mass is 16.7. The van der Waals surface area contributed by atoms with Crippen molar-refractivity contribution in [3.63, 3.8) is 0 Å². The number of carbonyl (C=O) groups is 1. The summed E-state index contributed by atoms with van der Waals surface area (Å²) < 4.78 is 12.1. The van der Waals surface area contributed by atoms with Crippen LogP contribution in [-0.2, 0) is 14.1 Å². The smallest absolute Gasteiger partial charge is 0.399 e. The molecule has 0 bridgehead atoms. The molecule has 0 radical (unpaired) electrons. The molecule has 2 fully saturated rings. The molecule has 2 aliphatic rings. The summed E-state index contributed by atoms with van der Waals surface area (Å²) in [5, 5.41) is 21.0. The number of aromatic nitrogens is 2. The van der Waals surface area contributed by atoms with Gasteiger partial charge in [-0.2, -0.15) is 0 Å². The number of aliphatic hydroxyl groups is 2. The first-order chi connectivity index (χ1) is 13.6. The van der Waals surface area contributed by atoms with E-state index in [0.29, 0.717) is 12.5 Å². The van der Waals surface area contributed by atoms with E-state index in [1.807, 2.05) is 27.7 Å². The van der Waals surface area contributed by atoms with Crippen LogP contribution in [0.4, 0.5) is 5.95 Å². The van der Waals surface area contributed by atoms with Gasteiger partial charge in [-0.05, 0) is 47.0 Å². The first-order valence-electron chi connectivity index (χ1n) is 10.2. The van der Waals surface area contributed by atoms with E-state index >= 15 is 0 Å². The van der Waals surface area contributed by atoms with Gasteiger partial charge in [0.2, 0.25) is 5.95 Å². The van der Waals surface area contributed by atoms with Crippen LogP contribution in [-0.4, -0.2) is 76.3 Å². The van der Waals surface area contributed by atoms with Crippen LogP contribution in [0.3, 0.4) is 0 Å². The van der Waals surface area contributed by atoms with E-state index in [9.17, 15) is 9.90 Å². The van der Waals surface area contributed by atoms with E-state index in [1.54, 1.807) is 12.4 Å². The summed E-state index contributed by atoms with van der Waals surface area (Å²) in [6.45, 7) is 8.57. The maximum Gasteiger partial charge on any atom is 0.498 e. The summed E-state index contributed by atoms with van der Waals surface area (Å²) in [5.41, 5.74) is -0.0857. The van der Waals surface area contributed by atoms with E-state index < -0.39 is 36.9 Å². The Hall–Kier alpha value is -1.75. The fourth-order valence-corrected chi connectivity index (χ4v) is 3.48. The lowest BCUT2D eigenvalue weighted by Gasteiger charge is -2.36. The molecule has 3 N–H and O–H groups in total. The Morgan fingerprint density at radius 1 is 1.28 bits per heavy atom. The number of nitrogens with zero attached hydrogens (tertiary/aromatic N) is 3. The van der Waals surface area contributed by atoms with E-state index in [4.69, 9.17) is 14.4 Å². The Bertz CT molecular complexity index is 699. The third-order valence-electron chi connectivity index (χ3n) is 6.06. The average Bonchev–Trinajstić information content (AvgIpc) is 2.93. The second-order valence-electron chi connectivity index (χ2n) is 8.69. The number of carbonyl (C=O) groups excluding carboxylic acids is 1. The van der Waals surface area contributed by atoms with Gasteiger partial charge in [-0.1, -0.05) is 0 Å². The van der Waals surface area contributed by atoms with Crippen LogP contribution in [0.1, 0.15) is 47.0 Å². The number of hydrogen-bond donors (Lipinski definition) is 3. The van der Waals surface area contributed by atoms with Gasteiger partial charge in [0, 0.05) is 37.0 Å². The van der Waals surface area contributed by atoms with Gasteiger partial charge in [0.05, 0.1) is 17.8 Å². The van der Waals surface area contributed by atoms with Gasteiger partial charge in [-0.3, -0.25) is 4.79 Å². The maximum absolute atomic E-state index is 11.8. The normalized spacial score (nSPS) is 24.4. The van der Waals surface area contributed by atoms with Crippen molar-refractivity contribution in [2.45, 2.75) is 70.3 Å². The van der Waals surface area contributed by atoms with Gasteiger partial charge in [-0.25, -0.2) is 9.97 Å². The van der Waals surface area contributed by atoms with Crippen LogP contribution in [0.15, 0.2) is 12.4 Å². The third kappa shape index (κ3) is 4.71. The highest BCUT2D eigenvalue weighted by Gasteiger charge is 2.52. The molecule has 9 nitrogen and oxygen atoms in total. The van der Waals surface area contributed by atoms with Crippen LogP contribution >= 0.6 is 0 Å². The van der Waals surface area contributed by atoms with Crippen molar-refractivity contribution >= 4 is 24.4 Å². The fraction of sp³-hybridized carbons (Fsp3) is 0.737. The van der Waals surface area contributed by atoms with Crippen molar-refractivity contribution in [3.8, 4) is 0 Å². The summed E-state index contributed by atoms with van der Waals surface area (Å²) >= 11 is 0. The molecule has 0 spiro atoms. The first-order valence-corrected chi connectivity index (χ1v) is 10.2. The van der Waals surface area contributed by atoms with Gasteiger partial charge < -0.3 is 29.7 Å². The van der Waals surface area contributed by atoms with Crippen molar-refractivity contribution in [2.24, 2.45) is 0 Å². The van der Waals surface area contributed by atoms with E-state index in [2.05, 4.69) is 20.2 Å². The van der Waals surface area contributed by atoms with Gasteiger partial charge >= 0.3 is 7.12 Å². The molecule has 0 saturated carbocycles. The minimum atomic E-state index is -1.40. The Morgan fingerprint density at radius 2 is 1.90 bits per heavy atom. The summed E-state index contributed by atoms with van der Waals surface area (Å²) in [7, 11) is -0.509. The molecular formula is C19H31BN4O5. The summed E-state index contributed by atoms with van der Waals surface area (Å²) in [4.78, 5) is 22.9. The minimum Gasteiger partial charge on any atom is -0.399 e. The Labute approximate surface area is 172 Å². The number of rotatable bonds is 6. The SMILES string of the molecule is CC1(C)OB(c2cnc(N3CCCC[C@@H]3CNC(=O)[C@H](O)CO)nc2)OC1(C)C. The van der Waals surface area contributed by atoms with E-state index in [-0.39, 0.29) is 6.04 Å².